The lowest BCUT2D eigenvalue weighted by Crippen LogP contribution is -2.29. The summed E-state index contributed by atoms with van der Waals surface area (Å²) < 4.78 is 18.8. The second kappa shape index (κ2) is 4.65. The van der Waals surface area contributed by atoms with E-state index >= 15 is 0 Å². The van der Waals surface area contributed by atoms with Gasteiger partial charge in [0.05, 0.1) is 6.26 Å². The van der Waals surface area contributed by atoms with Crippen LogP contribution in [0.3, 0.4) is 0 Å². The van der Waals surface area contributed by atoms with Crippen molar-refractivity contribution < 1.29 is 8.81 Å². The second-order valence-electron chi connectivity index (χ2n) is 3.25. The van der Waals surface area contributed by atoms with E-state index in [1.807, 2.05) is 0 Å². The number of nitrogens with one attached hydrogen (secondary N) is 1. The van der Waals surface area contributed by atoms with Gasteiger partial charge in [-0.1, -0.05) is 17.7 Å². The number of hydrogen-bond donors (Lipinski definition) is 2. The van der Waals surface area contributed by atoms with Gasteiger partial charge in [0.2, 0.25) is 0 Å². The third-order valence-electron chi connectivity index (χ3n) is 2.28. The maximum Gasteiger partial charge on any atom is 0.129 e. The SMILES string of the molecule is NNC(c1ccco1)c1c(F)cccc1Cl. The Bertz CT molecular complexity index is 453. The Balaban J connectivity index is 2.49. The number of furan rings is 1. The van der Waals surface area contributed by atoms with Gasteiger partial charge in [0.15, 0.2) is 0 Å². The third-order valence-corrected chi connectivity index (χ3v) is 2.61. The van der Waals surface area contributed by atoms with Gasteiger partial charge in [-0.15, -0.1) is 0 Å². The fourth-order valence-corrected chi connectivity index (χ4v) is 1.82. The summed E-state index contributed by atoms with van der Waals surface area (Å²) in [6, 6.07) is 7.28. The first-order chi connectivity index (χ1) is 7.74. The minimum Gasteiger partial charge on any atom is -0.467 e. The minimum absolute atomic E-state index is 0.279. The van der Waals surface area contributed by atoms with Gasteiger partial charge >= 0.3 is 0 Å². The zero-order chi connectivity index (χ0) is 11.5. The van der Waals surface area contributed by atoms with Crippen LogP contribution in [0, 0.1) is 5.82 Å². The molecule has 0 saturated heterocycles. The Morgan fingerprint density at radius 2 is 2.12 bits per heavy atom. The Hall–Kier alpha value is -1.36. The van der Waals surface area contributed by atoms with Crippen LogP contribution in [-0.4, -0.2) is 0 Å². The van der Waals surface area contributed by atoms with Gasteiger partial charge < -0.3 is 4.42 Å². The van der Waals surface area contributed by atoms with E-state index in [9.17, 15) is 4.39 Å². The van der Waals surface area contributed by atoms with E-state index in [-0.39, 0.29) is 5.56 Å². The predicted octanol–water partition coefficient (Wildman–Crippen LogP) is 2.62. The lowest BCUT2D eigenvalue weighted by molar-refractivity contribution is 0.441. The molecular formula is C11H10ClFN2O. The van der Waals surface area contributed by atoms with Crippen LogP contribution in [0.2, 0.25) is 5.02 Å². The first kappa shape index (κ1) is 11.1. The molecule has 5 heteroatoms. The highest BCUT2D eigenvalue weighted by Crippen LogP contribution is 2.30. The molecular weight excluding hydrogens is 231 g/mol. The number of halogens is 2. The highest BCUT2D eigenvalue weighted by Gasteiger charge is 2.21. The average Bonchev–Trinajstić information content (AvgIpc) is 2.77. The molecule has 0 aliphatic carbocycles. The summed E-state index contributed by atoms with van der Waals surface area (Å²) in [6.07, 6.45) is 1.49. The Kier molecular flexibility index (Phi) is 3.24. The molecule has 3 N–H and O–H groups in total. The first-order valence-electron chi connectivity index (χ1n) is 4.67. The Morgan fingerprint density at radius 3 is 2.69 bits per heavy atom. The van der Waals surface area contributed by atoms with Crippen molar-refractivity contribution in [2.75, 3.05) is 0 Å². The molecule has 0 saturated carbocycles. The van der Waals surface area contributed by atoms with Crippen LogP contribution in [0.25, 0.3) is 0 Å². The standard InChI is InChI=1S/C11H10ClFN2O/c12-7-3-1-4-8(13)10(7)11(15-14)9-5-2-6-16-9/h1-6,11,15H,14H2. The van der Waals surface area contributed by atoms with Gasteiger partial charge in [-0.3, -0.25) is 5.84 Å². The molecule has 1 aromatic carbocycles. The summed E-state index contributed by atoms with van der Waals surface area (Å²) in [4.78, 5) is 0. The molecule has 1 unspecified atom stereocenters. The van der Waals surface area contributed by atoms with E-state index < -0.39 is 11.9 Å². The Morgan fingerprint density at radius 1 is 1.31 bits per heavy atom. The first-order valence-corrected chi connectivity index (χ1v) is 5.05. The van der Waals surface area contributed by atoms with Crippen LogP contribution in [0.1, 0.15) is 17.4 Å². The topological polar surface area (TPSA) is 51.2 Å². The highest BCUT2D eigenvalue weighted by molar-refractivity contribution is 6.31. The zero-order valence-corrected chi connectivity index (χ0v) is 9.04. The summed E-state index contributed by atoms with van der Waals surface area (Å²) in [5, 5.41) is 0.305. The summed E-state index contributed by atoms with van der Waals surface area (Å²) in [5.74, 6) is 5.48. The molecule has 1 heterocycles. The summed E-state index contributed by atoms with van der Waals surface area (Å²) in [6.45, 7) is 0. The summed E-state index contributed by atoms with van der Waals surface area (Å²) >= 11 is 5.94. The average molecular weight is 241 g/mol. The third kappa shape index (κ3) is 1.95. The van der Waals surface area contributed by atoms with E-state index in [1.54, 1.807) is 18.2 Å². The normalized spacial score (nSPS) is 12.7. The van der Waals surface area contributed by atoms with E-state index in [1.165, 1.54) is 18.4 Å². The number of benzene rings is 1. The van der Waals surface area contributed by atoms with Gasteiger partial charge in [-0.05, 0) is 24.3 Å². The smallest absolute Gasteiger partial charge is 0.129 e. The maximum atomic E-state index is 13.7. The summed E-state index contributed by atoms with van der Waals surface area (Å²) in [5.41, 5.74) is 2.76. The van der Waals surface area contributed by atoms with E-state index in [2.05, 4.69) is 5.43 Å². The van der Waals surface area contributed by atoms with Crippen molar-refractivity contribution in [3.05, 3.63) is 58.8 Å². The van der Waals surface area contributed by atoms with Crippen molar-refractivity contribution in [3.63, 3.8) is 0 Å². The molecule has 0 spiro atoms. The molecule has 0 radical (unpaired) electrons. The largest absolute Gasteiger partial charge is 0.467 e. The quantitative estimate of drug-likeness (QED) is 0.641. The molecule has 0 aliphatic heterocycles. The van der Waals surface area contributed by atoms with Gasteiger partial charge in [0.25, 0.3) is 0 Å². The highest BCUT2D eigenvalue weighted by atomic mass is 35.5. The fraction of sp³-hybridized carbons (Fsp3) is 0.0909. The molecule has 0 fully saturated rings. The molecule has 1 atom stereocenters. The monoisotopic (exact) mass is 240 g/mol. The molecule has 0 amide bonds. The van der Waals surface area contributed by atoms with Crippen molar-refractivity contribution in [1.29, 1.82) is 0 Å². The summed E-state index contributed by atoms with van der Waals surface area (Å²) in [7, 11) is 0. The number of hydrazine groups is 1. The molecule has 2 aromatic rings. The van der Waals surface area contributed by atoms with E-state index in [0.29, 0.717) is 10.8 Å². The molecule has 1 aromatic heterocycles. The maximum absolute atomic E-state index is 13.7. The van der Waals surface area contributed by atoms with Gasteiger partial charge in [0, 0.05) is 10.6 Å². The molecule has 84 valence electrons. The number of nitrogens with two attached hydrogens (primary N) is 1. The second-order valence-corrected chi connectivity index (χ2v) is 3.66. The molecule has 3 nitrogen and oxygen atoms in total. The van der Waals surface area contributed by atoms with E-state index in [4.69, 9.17) is 21.9 Å². The van der Waals surface area contributed by atoms with Crippen molar-refractivity contribution >= 4 is 11.6 Å². The van der Waals surface area contributed by atoms with Crippen molar-refractivity contribution in [2.24, 2.45) is 5.84 Å². The van der Waals surface area contributed by atoms with Gasteiger partial charge in [0.1, 0.15) is 17.6 Å². The molecule has 0 bridgehead atoms. The number of hydrogen-bond acceptors (Lipinski definition) is 3. The lowest BCUT2D eigenvalue weighted by Gasteiger charge is -2.15. The van der Waals surface area contributed by atoms with Crippen LogP contribution >= 0.6 is 11.6 Å². The van der Waals surface area contributed by atoms with Crippen LogP contribution in [0.4, 0.5) is 4.39 Å². The van der Waals surface area contributed by atoms with Gasteiger partial charge in [-0.2, -0.15) is 0 Å². The Labute approximate surface area is 97.0 Å². The van der Waals surface area contributed by atoms with E-state index in [0.717, 1.165) is 0 Å². The van der Waals surface area contributed by atoms with Crippen LogP contribution < -0.4 is 11.3 Å². The van der Waals surface area contributed by atoms with Gasteiger partial charge in [-0.25, -0.2) is 9.82 Å². The van der Waals surface area contributed by atoms with Crippen LogP contribution in [-0.2, 0) is 0 Å². The van der Waals surface area contributed by atoms with Crippen molar-refractivity contribution in [3.8, 4) is 0 Å². The molecule has 0 aliphatic rings. The molecule has 16 heavy (non-hydrogen) atoms. The minimum atomic E-state index is -0.594. The van der Waals surface area contributed by atoms with Crippen LogP contribution in [0.5, 0.6) is 0 Å². The number of rotatable bonds is 3. The predicted molar refractivity (Wildman–Crippen MR) is 59.3 cm³/mol. The van der Waals surface area contributed by atoms with Crippen molar-refractivity contribution in [2.45, 2.75) is 6.04 Å². The molecule has 2 rings (SSSR count). The van der Waals surface area contributed by atoms with Crippen molar-refractivity contribution in [1.82, 2.24) is 5.43 Å². The van der Waals surface area contributed by atoms with Crippen LogP contribution in [0.15, 0.2) is 41.0 Å². The zero-order valence-electron chi connectivity index (χ0n) is 8.28. The lowest BCUT2D eigenvalue weighted by atomic mass is 10.0. The fourth-order valence-electron chi connectivity index (χ4n) is 1.55.